The van der Waals surface area contributed by atoms with Crippen molar-refractivity contribution in [2.75, 3.05) is 28.9 Å². The summed E-state index contributed by atoms with van der Waals surface area (Å²) in [6.45, 7) is 7.70. The van der Waals surface area contributed by atoms with Crippen LogP contribution in [-0.2, 0) is 10.0 Å². The van der Waals surface area contributed by atoms with Crippen LogP contribution in [0.4, 0.5) is 11.6 Å². The van der Waals surface area contributed by atoms with Crippen molar-refractivity contribution in [3.05, 3.63) is 66.0 Å². The van der Waals surface area contributed by atoms with Gasteiger partial charge in [0.05, 0.1) is 22.7 Å². The summed E-state index contributed by atoms with van der Waals surface area (Å²) in [7, 11) is -3.45. The molecule has 2 aromatic carbocycles. The zero-order valence-electron chi connectivity index (χ0n) is 22.5. The third-order valence-corrected chi connectivity index (χ3v) is 8.17. The second-order valence-corrected chi connectivity index (χ2v) is 11.8. The van der Waals surface area contributed by atoms with Gasteiger partial charge in [-0.05, 0) is 69.0 Å². The van der Waals surface area contributed by atoms with E-state index in [-0.39, 0.29) is 11.8 Å². The van der Waals surface area contributed by atoms with E-state index in [2.05, 4.69) is 25.3 Å². The fourth-order valence-corrected chi connectivity index (χ4v) is 5.96. The SMILES string of the molecule is CCCS(=O)(=O)Nc1cccc2c(Oc3ncc(C)cc3-c3ccnc(N[C@H]4CCCNC4)n3)c(C)ccc12. The number of ether oxygens (including phenoxy) is 1. The van der Waals surface area contributed by atoms with Gasteiger partial charge in [-0.25, -0.2) is 23.4 Å². The van der Waals surface area contributed by atoms with Crippen molar-refractivity contribution >= 4 is 32.4 Å². The minimum atomic E-state index is -3.45. The van der Waals surface area contributed by atoms with Crippen LogP contribution in [0.25, 0.3) is 22.0 Å². The number of pyridine rings is 1. The number of benzene rings is 2. The number of aromatic nitrogens is 3. The normalized spacial score (nSPS) is 15.7. The van der Waals surface area contributed by atoms with Gasteiger partial charge in [0, 0.05) is 35.8 Å². The lowest BCUT2D eigenvalue weighted by Gasteiger charge is -2.23. The third-order valence-electron chi connectivity index (χ3n) is 6.70. The van der Waals surface area contributed by atoms with Crippen molar-refractivity contribution in [3.8, 4) is 22.9 Å². The summed E-state index contributed by atoms with van der Waals surface area (Å²) in [5.41, 5.74) is 3.85. The van der Waals surface area contributed by atoms with Gasteiger partial charge in [-0.3, -0.25) is 4.72 Å². The first-order valence-electron chi connectivity index (χ1n) is 13.3. The summed E-state index contributed by atoms with van der Waals surface area (Å²) in [4.78, 5) is 13.9. The Balaban J connectivity index is 1.51. The molecule has 1 aliphatic rings. The van der Waals surface area contributed by atoms with Crippen LogP contribution in [-0.4, -0.2) is 48.3 Å². The highest BCUT2D eigenvalue weighted by molar-refractivity contribution is 7.92. The van der Waals surface area contributed by atoms with Crippen LogP contribution < -0.4 is 20.1 Å². The van der Waals surface area contributed by atoms with Gasteiger partial charge >= 0.3 is 0 Å². The molecule has 0 saturated carbocycles. The van der Waals surface area contributed by atoms with Crippen molar-refractivity contribution in [1.82, 2.24) is 20.3 Å². The van der Waals surface area contributed by atoms with Gasteiger partial charge in [0.15, 0.2) is 0 Å². The molecule has 0 radical (unpaired) electrons. The Morgan fingerprint density at radius 1 is 1.10 bits per heavy atom. The molecule has 0 spiro atoms. The second kappa shape index (κ2) is 11.5. The smallest absolute Gasteiger partial charge is 0.232 e. The van der Waals surface area contributed by atoms with Crippen LogP contribution in [0.3, 0.4) is 0 Å². The highest BCUT2D eigenvalue weighted by Gasteiger charge is 2.19. The highest BCUT2D eigenvalue weighted by atomic mass is 32.2. The Labute approximate surface area is 229 Å². The molecular formula is C29H34N6O3S. The minimum Gasteiger partial charge on any atom is -0.437 e. The van der Waals surface area contributed by atoms with E-state index >= 15 is 0 Å². The molecule has 1 saturated heterocycles. The van der Waals surface area contributed by atoms with Crippen LogP contribution in [0.5, 0.6) is 11.6 Å². The molecule has 10 heteroatoms. The molecule has 204 valence electrons. The number of anilines is 2. The number of hydrogen-bond donors (Lipinski definition) is 3. The van der Waals surface area contributed by atoms with Gasteiger partial charge in [0.1, 0.15) is 5.75 Å². The first-order valence-corrected chi connectivity index (χ1v) is 15.0. The standard InChI is InChI=1S/C29H34N6O3S/c1-4-15-39(36,37)35-26-9-5-8-23-22(26)11-10-20(3)27(23)38-28-24(16-19(2)17-32-28)25-12-14-31-29(34-25)33-21-7-6-13-30-18-21/h5,8-12,14,16-17,21,30,35H,4,6-7,13,15,18H2,1-3H3,(H,31,33,34)/t21-/m0/s1. The van der Waals surface area contributed by atoms with E-state index in [1.165, 1.54) is 0 Å². The molecule has 5 rings (SSSR count). The molecule has 3 heterocycles. The van der Waals surface area contributed by atoms with E-state index in [1.54, 1.807) is 18.5 Å². The van der Waals surface area contributed by atoms with Gasteiger partial charge in [-0.2, -0.15) is 0 Å². The molecule has 0 unspecified atom stereocenters. The fourth-order valence-electron chi connectivity index (χ4n) is 4.80. The molecule has 0 amide bonds. The van der Waals surface area contributed by atoms with E-state index in [1.807, 2.05) is 57.2 Å². The maximum absolute atomic E-state index is 12.5. The number of nitrogens with zero attached hydrogens (tertiary/aromatic N) is 3. The monoisotopic (exact) mass is 546 g/mol. The lowest BCUT2D eigenvalue weighted by atomic mass is 10.0. The molecule has 39 heavy (non-hydrogen) atoms. The van der Waals surface area contributed by atoms with Crippen LogP contribution in [0.2, 0.25) is 0 Å². The Morgan fingerprint density at radius 3 is 2.77 bits per heavy atom. The topological polar surface area (TPSA) is 118 Å². The van der Waals surface area contributed by atoms with Gasteiger partial charge in [-0.1, -0.05) is 31.2 Å². The lowest BCUT2D eigenvalue weighted by molar-refractivity contribution is 0.466. The number of sulfonamides is 1. The number of hydrogen-bond acceptors (Lipinski definition) is 8. The van der Waals surface area contributed by atoms with Crippen molar-refractivity contribution in [1.29, 1.82) is 0 Å². The van der Waals surface area contributed by atoms with E-state index in [9.17, 15) is 8.42 Å². The molecular weight excluding hydrogens is 512 g/mol. The quantitative estimate of drug-likeness (QED) is 0.255. The summed E-state index contributed by atoms with van der Waals surface area (Å²) >= 11 is 0. The Hall–Kier alpha value is -3.76. The summed E-state index contributed by atoms with van der Waals surface area (Å²) in [6.07, 6.45) is 6.22. The van der Waals surface area contributed by atoms with Crippen molar-refractivity contribution in [2.24, 2.45) is 0 Å². The van der Waals surface area contributed by atoms with Gasteiger partial charge in [0.25, 0.3) is 0 Å². The summed E-state index contributed by atoms with van der Waals surface area (Å²) < 4.78 is 34.2. The zero-order valence-corrected chi connectivity index (χ0v) is 23.3. The number of rotatable bonds is 9. The van der Waals surface area contributed by atoms with Crippen LogP contribution in [0.1, 0.15) is 37.3 Å². The molecule has 3 N–H and O–H groups in total. The fraction of sp³-hybridized carbons (Fsp3) is 0.345. The maximum atomic E-state index is 12.5. The predicted molar refractivity (Wildman–Crippen MR) is 156 cm³/mol. The molecule has 0 aliphatic carbocycles. The summed E-state index contributed by atoms with van der Waals surface area (Å²) in [6, 6.07) is 13.5. The van der Waals surface area contributed by atoms with Crippen LogP contribution in [0.15, 0.2) is 54.9 Å². The van der Waals surface area contributed by atoms with Gasteiger partial charge < -0.3 is 15.4 Å². The molecule has 9 nitrogen and oxygen atoms in total. The molecule has 0 bridgehead atoms. The van der Waals surface area contributed by atoms with E-state index in [0.29, 0.717) is 35.4 Å². The summed E-state index contributed by atoms with van der Waals surface area (Å²) in [5, 5.41) is 8.38. The Kier molecular flexibility index (Phi) is 7.94. The van der Waals surface area contributed by atoms with E-state index in [4.69, 9.17) is 9.72 Å². The average molecular weight is 547 g/mol. The largest absolute Gasteiger partial charge is 0.437 e. The number of piperidine rings is 1. The van der Waals surface area contributed by atoms with Crippen molar-refractivity contribution in [2.45, 2.75) is 46.1 Å². The van der Waals surface area contributed by atoms with Crippen molar-refractivity contribution < 1.29 is 13.2 Å². The highest BCUT2D eigenvalue weighted by Crippen LogP contribution is 2.39. The lowest BCUT2D eigenvalue weighted by Crippen LogP contribution is -2.38. The molecule has 2 aromatic heterocycles. The average Bonchev–Trinajstić information content (AvgIpc) is 2.91. The molecule has 1 fully saturated rings. The van der Waals surface area contributed by atoms with E-state index < -0.39 is 10.0 Å². The molecule has 1 atom stereocenters. The first kappa shape index (κ1) is 26.8. The molecule has 1 aliphatic heterocycles. The van der Waals surface area contributed by atoms with Gasteiger partial charge in [-0.15, -0.1) is 0 Å². The third kappa shape index (κ3) is 6.29. The van der Waals surface area contributed by atoms with Crippen LogP contribution >= 0.6 is 0 Å². The Bertz CT molecular complexity index is 1590. The summed E-state index contributed by atoms with van der Waals surface area (Å²) in [5.74, 6) is 1.65. The second-order valence-electron chi connectivity index (χ2n) is 9.95. The predicted octanol–water partition coefficient (Wildman–Crippen LogP) is 5.42. The number of fused-ring (bicyclic) bond motifs is 1. The van der Waals surface area contributed by atoms with E-state index in [0.717, 1.165) is 53.4 Å². The zero-order chi connectivity index (χ0) is 27.4. The van der Waals surface area contributed by atoms with Crippen LogP contribution in [0, 0.1) is 13.8 Å². The molecule has 4 aromatic rings. The first-order chi connectivity index (χ1) is 18.8. The maximum Gasteiger partial charge on any atom is 0.232 e. The van der Waals surface area contributed by atoms with Crippen molar-refractivity contribution in [3.63, 3.8) is 0 Å². The Morgan fingerprint density at radius 2 is 1.97 bits per heavy atom. The van der Waals surface area contributed by atoms with Gasteiger partial charge in [0.2, 0.25) is 21.9 Å². The minimum absolute atomic E-state index is 0.0578. The number of nitrogens with one attached hydrogen (secondary N) is 3. The number of aryl methyl sites for hydroxylation is 2.